The van der Waals surface area contributed by atoms with Gasteiger partial charge in [-0.05, 0) is 26.3 Å². The number of likely N-dealkylation sites (tertiary alicyclic amines) is 1. The van der Waals surface area contributed by atoms with Crippen LogP contribution in [0.25, 0.3) is 0 Å². The first kappa shape index (κ1) is 10.6. The minimum atomic E-state index is 0.678. The van der Waals surface area contributed by atoms with Crippen molar-refractivity contribution < 1.29 is 0 Å². The fraction of sp³-hybridized carbons (Fsp3) is 0.700. The summed E-state index contributed by atoms with van der Waals surface area (Å²) in [5.74, 6) is 0. The van der Waals surface area contributed by atoms with Crippen molar-refractivity contribution in [2.75, 3.05) is 13.1 Å². The lowest BCUT2D eigenvalue weighted by molar-refractivity contribution is 0.227. The molecule has 1 aromatic heterocycles. The predicted octanol–water partition coefficient (Wildman–Crippen LogP) is 2.81. The van der Waals surface area contributed by atoms with Gasteiger partial charge >= 0.3 is 0 Å². The van der Waals surface area contributed by atoms with Gasteiger partial charge < -0.3 is 0 Å². The second-order valence-electron chi connectivity index (χ2n) is 3.86. The Bertz CT molecular complexity index is 300. The van der Waals surface area contributed by atoms with Crippen LogP contribution >= 0.6 is 27.3 Å². The summed E-state index contributed by atoms with van der Waals surface area (Å²) in [4.78, 5) is 7.66. The summed E-state index contributed by atoms with van der Waals surface area (Å²) in [6, 6.07) is 0. The molecular formula is C10H15BrN2S. The maximum Gasteiger partial charge on any atom is 0.107 e. The van der Waals surface area contributed by atoms with Gasteiger partial charge in [-0.15, -0.1) is 11.3 Å². The molecular weight excluding hydrogens is 260 g/mol. The monoisotopic (exact) mass is 274 g/mol. The molecule has 2 nitrogen and oxygen atoms in total. The minimum absolute atomic E-state index is 0.678. The molecule has 1 aliphatic rings. The topological polar surface area (TPSA) is 16.1 Å². The smallest absolute Gasteiger partial charge is 0.107 e. The van der Waals surface area contributed by atoms with Crippen LogP contribution in [0.5, 0.6) is 0 Å². The third kappa shape index (κ3) is 2.78. The Morgan fingerprint density at radius 3 is 3.21 bits per heavy atom. The van der Waals surface area contributed by atoms with Crippen molar-refractivity contribution in [3.63, 3.8) is 0 Å². The molecule has 1 unspecified atom stereocenters. The van der Waals surface area contributed by atoms with Crippen molar-refractivity contribution in [2.24, 2.45) is 0 Å². The second kappa shape index (κ2) is 4.73. The highest BCUT2D eigenvalue weighted by Crippen LogP contribution is 2.19. The molecule has 1 aliphatic heterocycles. The summed E-state index contributed by atoms with van der Waals surface area (Å²) in [7, 11) is 0. The molecule has 0 N–H and O–H groups in total. The van der Waals surface area contributed by atoms with E-state index in [0.717, 1.165) is 12.2 Å². The van der Waals surface area contributed by atoms with Crippen LogP contribution in [-0.4, -0.2) is 27.8 Å². The van der Waals surface area contributed by atoms with E-state index in [0.29, 0.717) is 4.83 Å². The third-order valence-electron chi connectivity index (χ3n) is 2.47. The van der Waals surface area contributed by atoms with Gasteiger partial charge in [0.05, 0.1) is 6.54 Å². The van der Waals surface area contributed by atoms with Crippen LogP contribution in [0.15, 0.2) is 5.38 Å². The molecule has 0 spiro atoms. The number of alkyl halides is 1. The van der Waals surface area contributed by atoms with E-state index >= 15 is 0 Å². The average molecular weight is 275 g/mol. The lowest BCUT2D eigenvalue weighted by atomic mass is 10.1. The number of aryl methyl sites for hydroxylation is 1. The Hall–Kier alpha value is 0.0700. The van der Waals surface area contributed by atoms with E-state index < -0.39 is 0 Å². The fourth-order valence-electron chi connectivity index (χ4n) is 1.81. The summed E-state index contributed by atoms with van der Waals surface area (Å²) in [5, 5.41) is 3.38. The Morgan fingerprint density at radius 2 is 2.57 bits per heavy atom. The van der Waals surface area contributed by atoms with Gasteiger partial charge in [-0.2, -0.15) is 0 Å². The molecule has 0 amide bonds. The van der Waals surface area contributed by atoms with E-state index in [2.05, 4.69) is 38.1 Å². The van der Waals surface area contributed by atoms with E-state index in [-0.39, 0.29) is 0 Å². The van der Waals surface area contributed by atoms with E-state index in [1.807, 2.05) is 0 Å². The summed E-state index contributed by atoms with van der Waals surface area (Å²) in [5.41, 5.74) is 1.15. The van der Waals surface area contributed by atoms with E-state index in [4.69, 9.17) is 0 Å². The number of thiazole rings is 1. The largest absolute Gasteiger partial charge is 0.296 e. The molecule has 4 heteroatoms. The Balaban J connectivity index is 1.90. The molecule has 1 saturated heterocycles. The van der Waals surface area contributed by atoms with Gasteiger partial charge in [0, 0.05) is 22.4 Å². The van der Waals surface area contributed by atoms with E-state index in [1.54, 1.807) is 11.3 Å². The van der Waals surface area contributed by atoms with Gasteiger partial charge in [-0.3, -0.25) is 4.90 Å². The van der Waals surface area contributed by atoms with Crippen LogP contribution in [0, 0.1) is 6.92 Å². The number of nitrogens with zero attached hydrogens (tertiary/aromatic N) is 2. The second-order valence-corrected chi connectivity index (χ2v) is 6.09. The SMILES string of the molecule is Cc1csc(CN2CCCC(Br)C2)n1. The maximum atomic E-state index is 4.49. The standard InChI is InChI=1S/C10H15BrN2S/c1-8-7-14-10(12-8)6-13-4-2-3-9(11)5-13/h7,9H,2-6H2,1H3. The number of aromatic nitrogens is 1. The van der Waals surface area contributed by atoms with Gasteiger partial charge in [-0.1, -0.05) is 15.9 Å². The highest BCUT2D eigenvalue weighted by molar-refractivity contribution is 9.09. The molecule has 78 valence electrons. The van der Waals surface area contributed by atoms with E-state index in [9.17, 15) is 0 Å². The Morgan fingerprint density at radius 1 is 1.71 bits per heavy atom. The average Bonchev–Trinajstić information content (AvgIpc) is 2.51. The zero-order valence-corrected chi connectivity index (χ0v) is 10.8. The van der Waals surface area contributed by atoms with Crippen molar-refractivity contribution in [1.82, 2.24) is 9.88 Å². The first-order valence-corrected chi connectivity index (χ1v) is 6.81. The normalized spacial score (nSPS) is 24.0. The molecule has 2 heterocycles. The van der Waals surface area contributed by atoms with Crippen molar-refractivity contribution in [2.45, 2.75) is 31.1 Å². The molecule has 0 aliphatic carbocycles. The fourth-order valence-corrected chi connectivity index (χ4v) is 3.36. The predicted molar refractivity (Wildman–Crippen MR) is 64.1 cm³/mol. The number of rotatable bonds is 2. The van der Waals surface area contributed by atoms with Gasteiger partial charge in [0.2, 0.25) is 0 Å². The van der Waals surface area contributed by atoms with Crippen LogP contribution in [0.1, 0.15) is 23.5 Å². The molecule has 0 bridgehead atoms. The first-order chi connectivity index (χ1) is 6.74. The number of halogens is 1. The zero-order valence-electron chi connectivity index (χ0n) is 8.37. The number of hydrogen-bond acceptors (Lipinski definition) is 3. The molecule has 1 aromatic rings. The Labute approximate surface area is 97.5 Å². The molecule has 0 aromatic carbocycles. The number of piperidine rings is 1. The lowest BCUT2D eigenvalue weighted by Gasteiger charge is -2.28. The van der Waals surface area contributed by atoms with Crippen molar-refractivity contribution in [3.05, 3.63) is 16.1 Å². The lowest BCUT2D eigenvalue weighted by Crippen LogP contribution is -2.35. The highest BCUT2D eigenvalue weighted by Gasteiger charge is 2.18. The van der Waals surface area contributed by atoms with Crippen LogP contribution in [0.2, 0.25) is 0 Å². The third-order valence-corrected chi connectivity index (χ3v) is 4.17. The van der Waals surface area contributed by atoms with Crippen LogP contribution in [0.4, 0.5) is 0 Å². The maximum absolute atomic E-state index is 4.49. The molecule has 0 radical (unpaired) electrons. The summed E-state index contributed by atoms with van der Waals surface area (Å²) < 4.78 is 0. The molecule has 14 heavy (non-hydrogen) atoms. The van der Waals surface area contributed by atoms with Gasteiger partial charge in [0.1, 0.15) is 5.01 Å². The highest BCUT2D eigenvalue weighted by atomic mass is 79.9. The van der Waals surface area contributed by atoms with Crippen molar-refractivity contribution in [1.29, 1.82) is 0 Å². The number of hydrogen-bond donors (Lipinski definition) is 0. The Kier molecular flexibility index (Phi) is 3.57. The molecule has 0 saturated carbocycles. The molecule has 2 rings (SSSR count). The summed E-state index contributed by atoms with van der Waals surface area (Å²) in [6.45, 7) is 5.48. The van der Waals surface area contributed by atoms with Crippen molar-refractivity contribution in [3.8, 4) is 0 Å². The van der Waals surface area contributed by atoms with Gasteiger partial charge in [0.25, 0.3) is 0 Å². The van der Waals surface area contributed by atoms with E-state index in [1.165, 1.54) is 30.9 Å². The van der Waals surface area contributed by atoms with Gasteiger partial charge in [0.15, 0.2) is 0 Å². The summed E-state index contributed by atoms with van der Waals surface area (Å²) in [6.07, 6.45) is 2.62. The molecule has 1 atom stereocenters. The quantitative estimate of drug-likeness (QED) is 0.772. The molecule has 1 fully saturated rings. The zero-order chi connectivity index (χ0) is 9.97. The van der Waals surface area contributed by atoms with Crippen molar-refractivity contribution >= 4 is 27.3 Å². The van der Waals surface area contributed by atoms with Crippen LogP contribution in [-0.2, 0) is 6.54 Å². The van der Waals surface area contributed by atoms with Gasteiger partial charge in [-0.25, -0.2) is 4.98 Å². The minimum Gasteiger partial charge on any atom is -0.296 e. The summed E-state index contributed by atoms with van der Waals surface area (Å²) >= 11 is 5.46. The van der Waals surface area contributed by atoms with Crippen LogP contribution < -0.4 is 0 Å². The first-order valence-electron chi connectivity index (χ1n) is 5.01. The van der Waals surface area contributed by atoms with Crippen LogP contribution in [0.3, 0.4) is 0 Å².